The minimum atomic E-state index is 0.0940. The standard InChI is InChI=1S/C22H25N3O2/c1-3-24-14-12-23-21(24)19-5-4-13-25(15-19)22(26)18-9-7-17(8-10-18)20-11-6-16(2)27-20/h6-12,14,19H,3-5,13,15H2,1-2H3. The van der Waals surface area contributed by atoms with Gasteiger partial charge in [0.15, 0.2) is 0 Å². The van der Waals surface area contributed by atoms with E-state index in [4.69, 9.17) is 4.42 Å². The third kappa shape index (κ3) is 3.54. The first kappa shape index (κ1) is 17.6. The van der Waals surface area contributed by atoms with E-state index < -0.39 is 0 Å². The Morgan fingerprint density at radius 3 is 2.74 bits per heavy atom. The molecule has 0 N–H and O–H groups in total. The first-order chi connectivity index (χ1) is 13.2. The van der Waals surface area contributed by atoms with E-state index in [1.807, 2.05) is 60.6 Å². The zero-order valence-corrected chi connectivity index (χ0v) is 15.9. The van der Waals surface area contributed by atoms with Gasteiger partial charge in [-0.05, 0) is 51.0 Å². The first-order valence-electron chi connectivity index (χ1n) is 9.63. The molecule has 0 radical (unpaired) electrons. The Bertz CT molecular complexity index is 923. The number of imidazole rings is 1. The number of aromatic nitrogens is 2. The van der Waals surface area contributed by atoms with Crippen molar-refractivity contribution in [1.29, 1.82) is 0 Å². The lowest BCUT2D eigenvalue weighted by molar-refractivity contribution is 0.0703. The van der Waals surface area contributed by atoms with E-state index in [-0.39, 0.29) is 5.91 Å². The van der Waals surface area contributed by atoms with E-state index in [0.717, 1.165) is 60.9 Å². The zero-order valence-electron chi connectivity index (χ0n) is 15.9. The molecular formula is C22H25N3O2. The molecule has 1 atom stereocenters. The molecule has 0 aliphatic carbocycles. The lowest BCUT2D eigenvalue weighted by atomic mass is 9.96. The number of likely N-dealkylation sites (tertiary alicyclic amines) is 1. The smallest absolute Gasteiger partial charge is 0.253 e. The summed E-state index contributed by atoms with van der Waals surface area (Å²) in [5.41, 5.74) is 1.71. The van der Waals surface area contributed by atoms with Crippen LogP contribution in [0.15, 0.2) is 53.2 Å². The Balaban J connectivity index is 1.49. The minimum Gasteiger partial charge on any atom is -0.461 e. The van der Waals surface area contributed by atoms with Crippen LogP contribution in [0.5, 0.6) is 0 Å². The second-order valence-electron chi connectivity index (χ2n) is 7.15. The van der Waals surface area contributed by atoms with Gasteiger partial charge in [-0.1, -0.05) is 12.1 Å². The van der Waals surface area contributed by atoms with Gasteiger partial charge in [0.25, 0.3) is 5.91 Å². The van der Waals surface area contributed by atoms with Crippen molar-refractivity contribution in [2.75, 3.05) is 13.1 Å². The third-order valence-corrected chi connectivity index (χ3v) is 5.32. The minimum absolute atomic E-state index is 0.0940. The van der Waals surface area contributed by atoms with Crippen LogP contribution in [0.1, 0.15) is 47.6 Å². The molecule has 1 unspecified atom stereocenters. The van der Waals surface area contributed by atoms with E-state index >= 15 is 0 Å². The maximum Gasteiger partial charge on any atom is 0.253 e. The van der Waals surface area contributed by atoms with Crippen molar-refractivity contribution in [3.05, 3.63) is 65.9 Å². The summed E-state index contributed by atoms with van der Waals surface area (Å²) < 4.78 is 7.84. The Morgan fingerprint density at radius 2 is 2.04 bits per heavy atom. The van der Waals surface area contributed by atoms with Gasteiger partial charge in [-0.25, -0.2) is 4.98 Å². The molecule has 5 nitrogen and oxygen atoms in total. The van der Waals surface area contributed by atoms with Crippen molar-refractivity contribution in [3.63, 3.8) is 0 Å². The molecule has 3 aromatic rings. The predicted octanol–water partition coefficient (Wildman–Crippen LogP) is 4.49. The zero-order chi connectivity index (χ0) is 18.8. The molecule has 0 spiro atoms. The summed E-state index contributed by atoms with van der Waals surface area (Å²) in [6, 6.07) is 11.6. The van der Waals surface area contributed by atoms with Gasteiger partial charge >= 0.3 is 0 Å². The van der Waals surface area contributed by atoms with Crippen molar-refractivity contribution >= 4 is 5.91 Å². The van der Waals surface area contributed by atoms with Crippen molar-refractivity contribution in [3.8, 4) is 11.3 Å². The van der Waals surface area contributed by atoms with E-state index in [2.05, 4.69) is 16.5 Å². The van der Waals surface area contributed by atoms with Gasteiger partial charge in [0.2, 0.25) is 0 Å². The molecule has 2 aromatic heterocycles. The summed E-state index contributed by atoms with van der Waals surface area (Å²) in [4.78, 5) is 19.5. The fraction of sp³-hybridized carbons (Fsp3) is 0.364. The molecule has 1 aliphatic rings. The number of furan rings is 1. The van der Waals surface area contributed by atoms with E-state index in [1.165, 1.54) is 0 Å². The number of carbonyl (C=O) groups is 1. The maximum absolute atomic E-state index is 13.0. The highest BCUT2D eigenvalue weighted by atomic mass is 16.3. The second-order valence-corrected chi connectivity index (χ2v) is 7.15. The number of aryl methyl sites for hydroxylation is 2. The molecule has 1 saturated heterocycles. The highest BCUT2D eigenvalue weighted by Crippen LogP contribution is 2.28. The Morgan fingerprint density at radius 1 is 1.22 bits per heavy atom. The molecule has 5 heteroatoms. The monoisotopic (exact) mass is 363 g/mol. The van der Waals surface area contributed by atoms with Crippen LogP contribution in [-0.4, -0.2) is 33.4 Å². The maximum atomic E-state index is 13.0. The summed E-state index contributed by atoms with van der Waals surface area (Å²) in [6.07, 6.45) is 5.97. The molecule has 3 heterocycles. The van der Waals surface area contributed by atoms with Gasteiger partial charge in [-0.3, -0.25) is 4.79 Å². The number of benzene rings is 1. The average Bonchev–Trinajstić information content (AvgIpc) is 3.36. The largest absolute Gasteiger partial charge is 0.461 e. The van der Waals surface area contributed by atoms with Crippen LogP contribution in [0.3, 0.4) is 0 Å². The van der Waals surface area contributed by atoms with Crippen molar-refractivity contribution in [1.82, 2.24) is 14.5 Å². The average molecular weight is 363 g/mol. The van der Waals surface area contributed by atoms with E-state index in [9.17, 15) is 4.79 Å². The van der Waals surface area contributed by atoms with Crippen LogP contribution in [0.2, 0.25) is 0 Å². The number of rotatable bonds is 4. The lowest BCUT2D eigenvalue weighted by Gasteiger charge is -2.32. The molecule has 1 amide bonds. The number of hydrogen-bond acceptors (Lipinski definition) is 3. The number of carbonyl (C=O) groups excluding carboxylic acids is 1. The van der Waals surface area contributed by atoms with Crippen molar-refractivity contribution < 1.29 is 9.21 Å². The summed E-state index contributed by atoms with van der Waals surface area (Å²) in [7, 11) is 0. The summed E-state index contributed by atoms with van der Waals surface area (Å²) in [5, 5.41) is 0. The quantitative estimate of drug-likeness (QED) is 0.686. The summed E-state index contributed by atoms with van der Waals surface area (Å²) in [5.74, 6) is 3.21. The molecule has 0 saturated carbocycles. The fourth-order valence-electron chi connectivity index (χ4n) is 3.87. The number of amides is 1. The van der Waals surface area contributed by atoms with Gasteiger partial charge in [0, 0.05) is 49.1 Å². The predicted molar refractivity (Wildman–Crippen MR) is 105 cm³/mol. The van der Waals surface area contributed by atoms with Crippen molar-refractivity contribution in [2.45, 2.75) is 39.2 Å². The third-order valence-electron chi connectivity index (χ3n) is 5.32. The molecule has 140 valence electrons. The summed E-state index contributed by atoms with van der Waals surface area (Å²) in [6.45, 7) is 6.50. The highest BCUT2D eigenvalue weighted by molar-refractivity contribution is 5.94. The Labute approximate surface area is 159 Å². The van der Waals surface area contributed by atoms with Crippen LogP contribution in [0, 0.1) is 6.92 Å². The van der Waals surface area contributed by atoms with Gasteiger partial charge in [0.1, 0.15) is 17.3 Å². The van der Waals surface area contributed by atoms with Crippen molar-refractivity contribution in [2.24, 2.45) is 0 Å². The van der Waals surface area contributed by atoms with E-state index in [1.54, 1.807) is 0 Å². The molecule has 1 aromatic carbocycles. The van der Waals surface area contributed by atoms with Gasteiger partial charge in [-0.2, -0.15) is 0 Å². The first-order valence-corrected chi connectivity index (χ1v) is 9.63. The van der Waals surface area contributed by atoms with Crippen LogP contribution in [0.4, 0.5) is 0 Å². The fourth-order valence-corrected chi connectivity index (χ4v) is 3.87. The number of piperidine rings is 1. The second kappa shape index (κ2) is 7.43. The molecular weight excluding hydrogens is 338 g/mol. The highest BCUT2D eigenvalue weighted by Gasteiger charge is 2.27. The SMILES string of the molecule is CCn1ccnc1C1CCCN(C(=O)c2ccc(-c3ccc(C)o3)cc2)C1. The summed E-state index contributed by atoms with van der Waals surface area (Å²) >= 11 is 0. The van der Waals surface area contributed by atoms with Crippen LogP contribution < -0.4 is 0 Å². The molecule has 1 fully saturated rings. The van der Waals surface area contributed by atoms with E-state index in [0.29, 0.717) is 5.92 Å². The molecule has 4 rings (SSSR count). The number of hydrogen-bond donors (Lipinski definition) is 0. The molecule has 27 heavy (non-hydrogen) atoms. The van der Waals surface area contributed by atoms with Gasteiger partial charge in [0.05, 0.1) is 0 Å². The van der Waals surface area contributed by atoms with Crippen LogP contribution in [0.25, 0.3) is 11.3 Å². The molecule has 0 bridgehead atoms. The van der Waals surface area contributed by atoms with Gasteiger partial charge in [-0.15, -0.1) is 0 Å². The molecule has 1 aliphatic heterocycles. The number of nitrogens with zero attached hydrogens (tertiary/aromatic N) is 3. The Kier molecular flexibility index (Phi) is 4.84. The lowest BCUT2D eigenvalue weighted by Crippen LogP contribution is -2.39. The topological polar surface area (TPSA) is 51.3 Å². The Hall–Kier alpha value is -2.82. The normalized spacial score (nSPS) is 17.3. The van der Waals surface area contributed by atoms with Crippen LogP contribution >= 0.6 is 0 Å². The van der Waals surface area contributed by atoms with Crippen LogP contribution in [-0.2, 0) is 6.54 Å². The van der Waals surface area contributed by atoms with Gasteiger partial charge < -0.3 is 13.9 Å².